The highest BCUT2D eigenvalue weighted by Crippen LogP contribution is 2.56. The second kappa shape index (κ2) is 10.9. The van der Waals surface area contributed by atoms with Crippen LogP contribution < -0.4 is 38.2 Å². The molecule has 0 saturated heterocycles. The van der Waals surface area contributed by atoms with E-state index in [9.17, 15) is 38.3 Å². The molecule has 3 fully saturated rings. The van der Waals surface area contributed by atoms with Gasteiger partial charge in [0.15, 0.2) is 0 Å². The van der Waals surface area contributed by atoms with Gasteiger partial charge in [-0.25, -0.2) is 23.7 Å². The number of amides is 2. The van der Waals surface area contributed by atoms with Crippen LogP contribution in [0.3, 0.4) is 0 Å². The molecule has 15 nitrogen and oxygen atoms in total. The fourth-order valence-corrected chi connectivity index (χ4v) is 6.32. The third-order valence-electron chi connectivity index (χ3n) is 9.30. The highest BCUT2D eigenvalue weighted by molar-refractivity contribution is 5.98. The number of nitrogens with one attached hydrogen (secondary N) is 4. The SMILES string of the molecule is Nc1c(NCc2cc(CNC(=O)c3cc(C(=O)NCC45CCC(C(=O)O)(CC4)CC5)n4c(=O)[nH]nc4n3)ccc2F)c(=O)c1=O. The van der Waals surface area contributed by atoms with Crippen molar-refractivity contribution in [3.8, 4) is 0 Å². The number of carbonyl (C=O) groups is 3. The van der Waals surface area contributed by atoms with Gasteiger partial charge in [0.2, 0.25) is 0 Å². The molecule has 7 N–H and O–H groups in total. The number of hydrogen-bond donors (Lipinski definition) is 6. The molecule has 3 saturated carbocycles. The summed E-state index contributed by atoms with van der Waals surface area (Å²) in [6.07, 6.45) is 3.62. The average Bonchev–Trinajstić information content (AvgIpc) is 3.44. The predicted molar refractivity (Wildman–Crippen MR) is 157 cm³/mol. The number of carbonyl (C=O) groups excluding carboxylic acids is 2. The minimum Gasteiger partial charge on any atom is -0.481 e. The lowest BCUT2D eigenvalue weighted by Gasteiger charge is -2.51. The predicted octanol–water partition coefficient (Wildman–Crippen LogP) is 0.432. The first-order chi connectivity index (χ1) is 21.4. The van der Waals surface area contributed by atoms with E-state index < -0.39 is 45.6 Å². The van der Waals surface area contributed by atoms with Crippen molar-refractivity contribution in [2.45, 2.75) is 51.6 Å². The van der Waals surface area contributed by atoms with Gasteiger partial charge in [0.25, 0.3) is 28.4 Å². The Labute approximate surface area is 252 Å². The number of nitrogen functional groups attached to an aromatic ring is 1. The molecule has 0 unspecified atom stereocenters. The lowest BCUT2D eigenvalue weighted by molar-refractivity contribution is -0.158. The van der Waals surface area contributed by atoms with Crippen LogP contribution in [0.1, 0.15) is 70.6 Å². The summed E-state index contributed by atoms with van der Waals surface area (Å²) < 4.78 is 15.4. The zero-order valence-electron chi connectivity index (χ0n) is 23.9. The van der Waals surface area contributed by atoms with Gasteiger partial charge >= 0.3 is 11.7 Å². The summed E-state index contributed by atoms with van der Waals surface area (Å²) in [5, 5.41) is 23.8. The Bertz CT molecular complexity index is 1980. The topological polar surface area (TPSA) is 231 Å². The molecule has 7 rings (SSSR count). The molecule has 4 aromatic rings. The van der Waals surface area contributed by atoms with Crippen molar-refractivity contribution in [1.82, 2.24) is 30.2 Å². The van der Waals surface area contributed by atoms with E-state index in [0.29, 0.717) is 44.1 Å². The summed E-state index contributed by atoms with van der Waals surface area (Å²) in [4.78, 5) is 77.7. The summed E-state index contributed by atoms with van der Waals surface area (Å²) in [6, 6.07) is 5.28. The summed E-state index contributed by atoms with van der Waals surface area (Å²) in [5.41, 5.74) is 2.32. The van der Waals surface area contributed by atoms with Crippen molar-refractivity contribution < 1.29 is 23.9 Å². The van der Waals surface area contributed by atoms with Crippen LogP contribution in [-0.2, 0) is 17.9 Å². The molecule has 3 aliphatic rings. The maximum absolute atomic E-state index is 14.4. The Morgan fingerprint density at radius 3 is 2.36 bits per heavy atom. The molecular weight excluding hydrogens is 591 g/mol. The highest BCUT2D eigenvalue weighted by atomic mass is 19.1. The fraction of sp³-hybridized carbons (Fsp3) is 0.379. The molecule has 2 amide bonds. The fourth-order valence-electron chi connectivity index (χ4n) is 6.32. The number of hydrogen-bond acceptors (Lipinski definition) is 10. The summed E-state index contributed by atoms with van der Waals surface area (Å²) in [6.45, 7) is 0.0983. The standard InChI is InChI=1S/C29H29FN8O7/c30-16-2-1-14(9-15(16)12-32-20-19(31)21(39)22(20)40)11-33-23(41)17-10-18(38-26(35-17)36-37-27(38)45)24(42)34-13-28-3-6-29(7-4-28,8-5-28)25(43)44/h1-2,9-10,32H,3-8,11-13,31H2,(H,33,41)(H,34,42)(H,37,45)(H,43,44). The van der Waals surface area contributed by atoms with Crippen LogP contribution >= 0.6 is 0 Å². The van der Waals surface area contributed by atoms with Crippen LogP contribution in [0, 0.1) is 16.6 Å². The molecule has 0 atom stereocenters. The normalized spacial score (nSPS) is 20.7. The van der Waals surface area contributed by atoms with E-state index in [-0.39, 0.29) is 59.2 Å². The second-order valence-corrected chi connectivity index (χ2v) is 11.9. The number of halogens is 1. The van der Waals surface area contributed by atoms with E-state index in [2.05, 4.69) is 31.1 Å². The number of H-pyrrole nitrogens is 1. The average molecular weight is 621 g/mol. The lowest BCUT2D eigenvalue weighted by Crippen LogP contribution is -2.50. The number of nitrogens with zero attached hydrogens (tertiary/aromatic N) is 3. The molecule has 2 aromatic carbocycles. The van der Waals surface area contributed by atoms with Crippen LogP contribution in [0.15, 0.2) is 38.6 Å². The van der Waals surface area contributed by atoms with Crippen molar-refractivity contribution in [2.75, 3.05) is 17.6 Å². The number of benzene rings is 1. The second-order valence-electron chi connectivity index (χ2n) is 11.9. The highest BCUT2D eigenvalue weighted by Gasteiger charge is 2.52. The van der Waals surface area contributed by atoms with E-state index >= 15 is 0 Å². The Hall–Kier alpha value is -5.41. The molecule has 45 heavy (non-hydrogen) atoms. The van der Waals surface area contributed by atoms with Crippen LogP contribution in [0.25, 0.3) is 5.78 Å². The van der Waals surface area contributed by atoms with E-state index in [1.165, 1.54) is 24.3 Å². The number of aliphatic carboxylic acids is 1. The van der Waals surface area contributed by atoms with Gasteiger partial charge in [-0.3, -0.25) is 24.0 Å². The van der Waals surface area contributed by atoms with Gasteiger partial charge in [-0.2, -0.15) is 0 Å². The Morgan fingerprint density at radius 2 is 1.69 bits per heavy atom. The van der Waals surface area contributed by atoms with Crippen molar-refractivity contribution in [3.05, 3.63) is 83.5 Å². The Kier molecular flexibility index (Phi) is 7.21. The molecule has 3 aliphatic carbocycles. The first kappa shape index (κ1) is 29.7. The number of carboxylic acid groups (broad SMARTS) is 1. The maximum Gasteiger partial charge on any atom is 0.349 e. The molecule has 2 heterocycles. The van der Waals surface area contributed by atoms with Gasteiger partial charge in [-0.1, -0.05) is 6.07 Å². The Balaban J connectivity index is 1.14. The maximum atomic E-state index is 14.4. The number of aromatic nitrogens is 4. The first-order valence-electron chi connectivity index (χ1n) is 14.3. The van der Waals surface area contributed by atoms with Gasteiger partial charge in [0, 0.05) is 25.2 Å². The molecule has 2 bridgehead atoms. The van der Waals surface area contributed by atoms with Gasteiger partial charge in [-0.15, -0.1) is 5.10 Å². The molecule has 0 spiro atoms. The molecule has 2 aromatic heterocycles. The van der Waals surface area contributed by atoms with E-state index in [0.717, 1.165) is 4.40 Å². The number of anilines is 2. The van der Waals surface area contributed by atoms with Crippen molar-refractivity contribution in [3.63, 3.8) is 0 Å². The zero-order chi connectivity index (χ0) is 32.1. The zero-order valence-corrected chi connectivity index (χ0v) is 23.9. The molecule has 0 aliphatic heterocycles. The number of nitrogens with two attached hydrogens (primary N) is 1. The Morgan fingerprint density at radius 1 is 0.978 bits per heavy atom. The van der Waals surface area contributed by atoms with Gasteiger partial charge < -0.3 is 26.8 Å². The molecule has 16 heteroatoms. The van der Waals surface area contributed by atoms with E-state index in [1.807, 2.05) is 0 Å². The lowest BCUT2D eigenvalue weighted by atomic mass is 9.53. The van der Waals surface area contributed by atoms with E-state index in [1.54, 1.807) is 0 Å². The minimum atomic E-state index is -0.798. The van der Waals surface area contributed by atoms with Gasteiger partial charge in [0.1, 0.15) is 28.6 Å². The number of aromatic amines is 1. The number of fused-ring (bicyclic) bond motifs is 4. The molecular formula is C29H29FN8O7. The van der Waals surface area contributed by atoms with Gasteiger partial charge in [-0.05, 0) is 67.7 Å². The van der Waals surface area contributed by atoms with Crippen LogP contribution in [0.4, 0.5) is 15.8 Å². The quantitative estimate of drug-likeness (QED) is 0.133. The monoisotopic (exact) mass is 620 g/mol. The molecule has 0 radical (unpaired) electrons. The summed E-state index contributed by atoms with van der Waals surface area (Å²) in [5.74, 6) is -2.85. The van der Waals surface area contributed by atoms with Crippen molar-refractivity contribution in [1.29, 1.82) is 0 Å². The van der Waals surface area contributed by atoms with E-state index in [4.69, 9.17) is 5.73 Å². The largest absolute Gasteiger partial charge is 0.481 e. The summed E-state index contributed by atoms with van der Waals surface area (Å²) >= 11 is 0. The molecule has 234 valence electrons. The number of rotatable bonds is 10. The third kappa shape index (κ3) is 5.21. The van der Waals surface area contributed by atoms with Crippen LogP contribution in [0.2, 0.25) is 0 Å². The summed E-state index contributed by atoms with van der Waals surface area (Å²) in [7, 11) is 0. The minimum absolute atomic E-state index is 0.0590. The number of carboxylic acids is 1. The third-order valence-corrected chi connectivity index (χ3v) is 9.30. The van der Waals surface area contributed by atoms with Crippen molar-refractivity contribution in [2.24, 2.45) is 10.8 Å². The first-order valence-corrected chi connectivity index (χ1v) is 14.3. The van der Waals surface area contributed by atoms with Crippen LogP contribution in [-0.4, -0.2) is 49.0 Å². The smallest absolute Gasteiger partial charge is 0.349 e. The van der Waals surface area contributed by atoms with Crippen molar-refractivity contribution >= 4 is 34.9 Å². The van der Waals surface area contributed by atoms with Crippen LogP contribution in [0.5, 0.6) is 0 Å². The van der Waals surface area contributed by atoms with Gasteiger partial charge in [0.05, 0.1) is 5.41 Å².